The van der Waals surface area contributed by atoms with Crippen LogP contribution in [0.2, 0.25) is 0 Å². The number of aromatic amines is 1. The van der Waals surface area contributed by atoms with Crippen LogP contribution in [0.25, 0.3) is 21.5 Å². The molecule has 0 aliphatic heterocycles. The highest BCUT2D eigenvalue weighted by molar-refractivity contribution is 7.13. The third kappa shape index (κ3) is 3.27. The number of nitrogens with zero attached hydrogens (tertiary/aromatic N) is 3. The van der Waals surface area contributed by atoms with Crippen molar-refractivity contribution < 1.29 is 4.79 Å². The number of hydrogen-bond acceptors (Lipinski definition) is 7. The Labute approximate surface area is 157 Å². The molecule has 27 heavy (non-hydrogen) atoms. The van der Waals surface area contributed by atoms with Gasteiger partial charge in [-0.3, -0.25) is 14.6 Å². The molecule has 1 aromatic carbocycles. The minimum atomic E-state index is -0.468. The lowest BCUT2D eigenvalue weighted by Gasteiger charge is -2.10. The van der Waals surface area contributed by atoms with Crippen molar-refractivity contribution in [1.82, 2.24) is 19.9 Å². The predicted octanol–water partition coefficient (Wildman–Crippen LogP) is 2.58. The number of fused-ring (bicyclic) bond motifs is 1. The van der Waals surface area contributed by atoms with E-state index in [-0.39, 0.29) is 16.8 Å². The Balaban J connectivity index is 1.67. The number of nitrogens with one attached hydrogen (secondary N) is 2. The molecule has 0 atom stereocenters. The normalized spacial score (nSPS) is 10.9. The number of carbonyl (C=O) groups excluding carboxylic acids is 1. The third-order valence-electron chi connectivity index (χ3n) is 3.92. The maximum absolute atomic E-state index is 12.6. The Hall–Kier alpha value is -3.59. The molecule has 0 aliphatic rings. The van der Waals surface area contributed by atoms with E-state index in [2.05, 4.69) is 25.3 Å². The van der Waals surface area contributed by atoms with Crippen molar-refractivity contribution in [2.24, 2.45) is 0 Å². The van der Waals surface area contributed by atoms with Crippen LogP contribution >= 0.6 is 11.3 Å². The summed E-state index contributed by atoms with van der Waals surface area (Å²) in [6, 6.07) is 8.47. The van der Waals surface area contributed by atoms with Crippen molar-refractivity contribution in [3.05, 3.63) is 63.9 Å². The van der Waals surface area contributed by atoms with Crippen molar-refractivity contribution in [2.75, 3.05) is 11.1 Å². The number of thiazole rings is 1. The van der Waals surface area contributed by atoms with Gasteiger partial charge in [0, 0.05) is 6.20 Å². The summed E-state index contributed by atoms with van der Waals surface area (Å²) in [4.78, 5) is 40.6. The molecule has 0 saturated carbocycles. The molecule has 3 heterocycles. The Morgan fingerprint density at radius 1 is 1.22 bits per heavy atom. The second kappa shape index (κ2) is 6.61. The third-order valence-corrected chi connectivity index (χ3v) is 4.74. The highest BCUT2D eigenvalue weighted by Gasteiger charge is 2.13. The molecule has 0 fully saturated rings. The molecule has 0 spiro atoms. The minimum Gasteiger partial charge on any atom is -0.397 e. The second-order valence-electron chi connectivity index (χ2n) is 5.84. The van der Waals surface area contributed by atoms with Gasteiger partial charge in [0.05, 0.1) is 27.3 Å². The summed E-state index contributed by atoms with van der Waals surface area (Å²) in [6.45, 7) is 1.68. The molecular formula is C18H14N6O2S. The molecule has 0 unspecified atom stereocenters. The van der Waals surface area contributed by atoms with E-state index in [9.17, 15) is 9.59 Å². The average molecular weight is 378 g/mol. The van der Waals surface area contributed by atoms with Crippen molar-refractivity contribution in [3.63, 3.8) is 0 Å². The van der Waals surface area contributed by atoms with Gasteiger partial charge >= 0.3 is 0 Å². The lowest BCUT2D eigenvalue weighted by molar-refractivity contribution is 0.102. The van der Waals surface area contributed by atoms with Crippen molar-refractivity contribution in [1.29, 1.82) is 0 Å². The molecule has 9 heteroatoms. The summed E-state index contributed by atoms with van der Waals surface area (Å²) < 4.78 is 0. The van der Waals surface area contributed by atoms with Crippen molar-refractivity contribution in [2.45, 2.75) is 6.92 Å². The van der Waals surface area contributed by atoms with E-state index < -0.39 is 5.91 Å². The van der Waals surface area contributed by atoms with Crippen LogP contribution in [0.4, 0.5) is 11.4 Å². The lowest BCUT2D eigenvalue weighted by Crippen LogP contribution is -2.17. The molecule has 0 radical (unpaired) electrons. The van der Waals surface area contributed by atoms with E-state index in [1.807, 2.05) is 6.07 Å². The SMILES string of the molecule is Cc1nc2ccc(C(=O)Nc3cc(-c4cncs4)ccc3N)nc2c(=O)[nH]1. The van der Waals surface area contributed by atoms with E-state index in [0.717, 1.165) is 10.4 Å². The van der Waals surface area contributed by atoms with Gasteiger partial charge in [-0.25, -0.2) is 9.97 Å². The molecule has 4 N–H and O–H groups in total. The Kier molecular flexibility index (Phi) is 4.13. The first kappa shape index (κ1) is 16.9. The number of nitrogen functional groups attached to an aromatic ring is 1. The molecule has 4 aromatic rings. The first-order valence-corrected chi connectivity index (χ1v) is 8.86. The number of aryl methyl sites for hydroxylation is 1. The molecule has 0 saturated heterocycles. The standard InChI is InChI=1S/C18H14N6O2S/c1-9-21-12-4-5-13(23-16(12)18(26)22-9)17(25)24-14-6-10(2-3-11(14)19)15-7-20-8-27-15/h2-8H,19H2,1H3,(H,24,25)(H,21,22,26). The maximum Gasteiger partial charge on any atom is 0.277 e. The zero-order valence-corrected chi connectivity index (χ0v) is 15.0. The van der Waals surface area contributed by atoms with E-state index >= 15 is 0 Å². The fourth-order valence-electron chi connectivity index (χ4n) is 2.63. The summed E-state index contributed by atoms with van der Waals surface area (Å²) in [5.41, 5.74) is 9.75. The molecule has 1 amide bonds. The molecule has 8 nitrogen and oxygen atoms in total. The number of benzene rings is 1. The maximum atomic E-state index is 12.6. The van der Waals surface area contributed by atoms with E-state index in [4.69, 9.17) is 5.73 Å². The van der Waals surface area contributed by atoms with Gasteiger partial charge in [-0.2, -0.15) is 0 Å². The molecule has 0 aliphatic carbocycles. The largest absolute Gasteiger partial charge is 0.397 e. The van der Waals surface area contributed by atoms with Gasteiger partial charge in [0.25, 0.3) is 11.5 Å². The number of H-pyrrole nitrogens is 1. The Morgan fingerprint density at radius 2 is 2.07 bits per heavy atom. The highest BCUT2D eigenvalue weighted by Crippen LogP contribution is 2.29. The second-order valence-corrected chi connectivity index (χ2v) is 6.72. The van der Waals surface area contributed by atoms with Gasteiger partial charge in [0.1, 0.15) is 11.5 Å². The van der Waals surface area contributed by atoms with Gasteiger partial charge in [-0.05, 0) is 36.8 Å². The first-order chi connectivity index (χ1) is 13.0. The number of pyridine rings is 1. The van der Waals surface area contributed by atoms with E-state index in [0.29, 0.717) is 22.7 Å². The zero-order chi connectivity index (χ0) is 19.0. The monoisotopic (exact) mass is 378 g/mol. The fourth-order valence-corrected chi connectivity index (χ4v) is 3.25. The minimum absolute atomic E-state index is 0.0984. The van der Waals surface area contributed by atoms with Crippen molar-refractivity contribution >= 4 is 39.7 Å². The van der Waals surface area contributed by atoms with E-state index in [1.165, 1.54) is 17.4 Å². The smallest absolute Gasteiger partial charge is 0.277 e. The number of carbonyl (C=O) groups is 1. The molecule has 4 rings (SSSR count). The summed E-state index contributed by atoms with van der Waals surface area (Å²) in [6.07, 6.45) is 1.74. The van der Waals surface area contributed by atoms with Crippen LogP contribution in [0, 0.1) is 6.92 Å². The number of nitrogens with two attached hydrogens (primary N) is 1. The lowest BCUT2D eigenvalue weighted by atomic mass is 10.1. The Morgan fingerprint density at radius 3 is 2.85 bits per heavy atom. The van der Waals surface area contributed by atoms with Crippen LogP contribution in [0.3, 0.4) is 0 Å². The quantitative estimate of drug-likeness (QED) is 0.470. The predicted molar refractivity (Wildman–Crippen MR) is 105 cm³/mol. The zero-order valence-electron chi connectivity index (χ0n) is 14.2. The topological polar surface area (TPSA) is 127 Å². The van der Waals surface area contributed by atoms with Crippen molar-refractivity contribution in [3.8, 4) is 10.4 Å². The van der Waals surface area contributed by atoms with Gasteiger partial charge in [-0.1, -0.05) is 6.07 Å². The van der Waals surface area contributed by atoms with Crippen LogP contribution < -0.4 is 16.6 Å². The highest BCUT2D eigenvalue weighted by atomic mass is 32.1. The van der Waals surface area contributed by atoms with Crippen LogP contribution in [0.1, 0.15) is 16.3 Å². The molecular weight excluding hydrogens is 364 g/mol. The van der Waals surface area contributed by atoms with Gasteiger partial charge in [0.15, 0.2) is 5.52 Å². The fraction of sp³-hybridized carbons (Fsp3) is 0.0556. The molecule has 134 valence electrons. The number of anilines is 2. The number of hydrogen-bond donors (Lipinski definition) is 3. The van der Waals surface area contributed by atoms with Crippen LogP contribution in [0.5, 0.6) is 0 Å². The summed E-state index contributed by atoms with van der Waals surface area (Å²) in [5, 5.41) is 2.75. The van der Waals surface area contributed by atoms with Crippen LogP contribution in [-0.2, 0) is 0 Å². The first-order valence-electron chi connectivity index (χ1n) is 7.98. The number of aromatic nitrogens is 4. The molecule has 0 bridgehead atoms. The number of amides is 1. The Bertz CT molecular complexity index is 1220. The summed E-state index contributed by atoms with van der Waals surface area (Å²) in [7, 11) is 0. The summed E-state index contributed by atoms with van der Waals surface area (Å²) >= 11 is 1.49. The number of rotatable bonds is 3. The van der Waals surface area contributed by atoms with E-state index in [1.54, 1.807) is 36.8 Å². The summed E-state index contributed by atoms with van der Waals surface area (Å²) in [5.74, 6) is 0.0178. The van der Waals surface area contributed by atoms with Crippen LogP contribution in [-0.4, -0.2) is 25.8 Å². The average Bonchev–Trinajstić information content (AvgIpc) is 3.18. The molecule has 3 aromatic heterocycles. The van der Waals surface area contributed by atoms with Gasteiger partial charge in [-0.15, -0.1) is 11.3 Å². The van der Waals surface area contributed by atoms with Gasteiger partial charge in [0.2, 0.25) is 0 Å². The van der Waals surface area contributed by atoms with Gasteiger partial charge < -0.3 is 16.0 Å². The van der Waals surface area contributed by atoms with Crippen LogP contribution in [0.15, 0.2) is 46.8 Å².